The maximum Gasteiger partial charge on any atom is 0.128 e. The van der Waals surface area contributed by atoms with Gasteiger partial charge in [0.05, 0.1) is 11.2 Å². The lowest BCUT2D eigenvalue weighted by molar-refractivity contribution is 0.612. The molecular weight excluding hydrogens is 181 g/mol. The van der Waals surface area contributed by atoms with Crippen LogP contribution in [0.5, 0.6) is 0 Å². The molecule has 2 rings (SSSR count). The van der Waals surface area contributed by atoms with E-state index in [9.17, 15) is 4.39 Å². The zero-order valence-corrected chi connectivity index (χ0v) is 8.21. The van der Waals surface area contributed by atoms with Crippen molar-refractivity contribution in [2.45, 2.75) is 13.5 Å². The largest absolute Gasteiger partial charge is 0.326 e. The van der Waals surface area contributed by atoms with Gasteiger partial charge in [-0.2, -0.15) is 5.10 Å². The molecule has 14 heavy (non-hydrogen) atoms. The summed E-state index contributed by atoms with van der Waals surface area (Å²) in [6.07, 6.45) is 0. The minimum absolute atomic E-state index is 0.214. The van der Waals surface area contributed by atoms with Gasteiger partial charge < -0.3 is 5.73 Å². The first-order valence-corrected chi connectivity index (χ1v) is 4.45. The fraction of sp³-hybridized carbons (Fsp3) is 0.300. The van der Waals surface area contributed by atoms with E-state index in [0.717, 1.165) is 16.6 Å². The van der Waals surface area contributed by atoms with Gasteiger partial charge in [0, 0.05) is 24.5 Å². The third-order valence-corrected chi connectivity index (χ3v) is 2.42. The normalized spacial score (nSPS) is 11.1. The van der Waals surface area contributed by atoms with Crippen LogP contribution in [0.25, 0.3) is 10.9 Å². The van der Waals surface area contributed by atoms with E-state index in [0.29, 0.717) is 5.56 Å². The van der Waals surface area contributed by atoms with E-state index in [-0.39, 0.29) is 12.4 Å². The Kier molecular flexibility index (Phi) is 2.00. The number of aromatic nitrogens is 2. The van der Waals surface area contributed by atoms with Gasteiger partial charge in [0.2, 0.25) is 0 Å². The van der Waals surface area contributed by atoms with Gasteiger partial charge in [-0.15, -0.1) is 0 Å². The summed E-state index contributed by atoms with van der Waals surface area (Å²) in [7, 11) is 1.84. The standard InChI is InChI=1S/C10H12FN3/c1-6-8-4-9(11)7(5-12)3-10(8)14(2)13-6/h3-4H,5,12H2,1-2H3. The van der Waals surface area contributed by atoms with E-state index < -0.39 is 0 Å². The van der Waals surface area contributed by atoms with Gasteiger partial charge in [0.15, 0.2) is 0 Å². The van der Waals surface area contributed by atoms with Crippen LogP contribution in [-0.4, -0.2) is 9.78 Å². The average molecular weight is 193 g/mol. The second-order valence-electron chi connectivity index (χ2n) is 3.37. The molecule has 2 N–H and O–H groups in total. The summed E-state index contributed by atoms with van der Waals surface area (Å²) in [6.45, 7) is 2.08. The molecule has 0 unspecified atom stereocenters. The number of hydrogen-bond acceptors (Lipinski definition) is 2. The monoisotopic (exact) mass is 193 g/mol. The molecule has 1 aromatic heterocycles. The van der Waals surface area contributed by atoms with Crippen molar-refractivity contribution in [2.75, 3.05) is 0 Å². The summed E-state index contributed by atoms with van der Waals surface area (Å²) in [6, 6.07) is 3.25. The molecule has 0 radical (unpaired) electrons. The van der Waals surface area contributed by atoms with Crippen molar-refractivity contribution in [1.29, 1.82) is 0 Å². The third kappa shape index (κ3) is 1.19. The smallest absolute Gasteiger partial charge is 0.128 e. The van der Waals surface area contributed by atoms with E-state index in [1.54, 1.807) is 10.7 Å². The predicted molar refractivity (Wildman–Crippen MR) is 53.3 cm³/mol. The Morgan fingerprint density at radius 3 is 2.86 bits per heavy atom. The van der Waals surface area contributed by atoms with Gasteiger partial charge in [0.1, 0.15) is 5.82 Å². The average Bonchev–Trinajstić information content (AvgIpc) is 2.41. The number of nitrogens with two attached hydrogens (primary N) is 1. The van der Waals surface area contributed by atoms with Crippen molar-refractivity contribution < 1.29 is 4.39 Å². The van der Waals surface area contributed by atoms with Crippen LogP contribution in [0, 0.1) is 12.7 Å². The first-order chi connectivity index (χ1) is 6.63. The van der Waals surface area contributed by atoms with Crippen molar-refractivity contribution in [3.05, 3.63) is 29.2 Å². The van der Waals surface area contributed by atoms with Crippen LogP contribution in [0.3, 0.4) is 0 Å². The van der Waals surface area contributed by atoms with Crippen molar-refractivity contribution in [1.82, 2.24) is 9.78 Å². The lowest BCUT2D eigenvalue weighted by Crippen LogP contribution is -2.00. The molecule has 4 heteroatoms. The SMILES string of the molecule is Cc1nn(C)c2cc(CN)c(F)cc12. The summed E-state index contributed by atoms with van der Waals surface area (Å²) in [4.78, 5) is 0. The number of aryl methyl sites for hydroxylation is 2. The Morgan fingerprint density at radius 2 is 2.21 bits per heavy atom. The Balaban J connectivity index is 2.82. The van der Waals surface area contributed by atoms with Crippen molar-refractivity contribution in [3.8, 4) is 0 Å². The fourth-order valence-electron chi connectivity index (χ4n) is 1.65. The molecule has 0 amide bonds. The van der Waals surface area contributed by atoms with Gasteiger partial charge in [-0.1, -0.05) is 0 Å². The molecule has 0 saturated carbocycles. The number of benzene rings is 1. The van der Waals surface area contributed by atoms with E-state index in [1.165, 1.54) is 6.07 Å². The van der Waals surface area contributed by atoms with Gasteiger partial charge in [-0.25, -0.2) is 4.39 Å². The van der Waals surface area contributed by atoms with E-state index in [2.05, 4.69) is 5.10 Å². The summed E-state index contributed by atoms with van der Waals surface area (Å²) in [5.74, 6) is -0.254. The van der Waals surface area contributed by atoms with Gasteiger partial charge in [-0.05, 0) is 19.1 Å². The van der Waals surface area contributed by atoms with E-state index in [4.69, 9.17) is 5.73 Å². The molecular formula is C10H12FN3. The van der Waals surface area contributed by atoms with Crippen molar-refractivity contribution in [2.24, 2.45) is 12.8 Å². The summed E-state index contributed by atoms with van der Waals surface area (Å²) >= 11 is 0. The molecule has 74 valence electrons. The zero-order valence-electron chi connectivity index (χ0n) is 8.21. The van der Waals surface area contributed by atoms with Crippen molar-refractivity contribution >= 4 is 10.9 Å². The number of halogens is 1. The highest BCUT2D eigenvalue weighted by Crippen LogP contribution is 2.21. The molecule has 0 aliphatic carbocycles. The number of fused-ring (bicyclic) bond motifs is 1. The minimum atomic E-state index is -0.254. The van der Waals surface area contributed by atoms with Gasteiger partial charge in [-0.3, -0.25) is 4.68 Å². The molecule has 3 nitrogen and oxygen atoms in total. The highest BCUT2D eigenvalue weighted by molar-refractivity contribution is 5.82. The lowest BCUT2D eigenvalue weighted by Gasteiger charge is -2.00. The highest BCUT2D eigenvalue weighted by Gasteiger charge is 2.09. The maximum absolute atomic E-state index is 13.4. The molecule has 0 atom stereocenters. The predicted octanol–water partition coefficient (Wildman–Crippen LogP) is 1.48. The van der Waals surface area contributed by atoms with Crippen molar-refractivity contribution in [3.63, 3.8) is 0 Å². The number of nitrogens with zero attached hydrogens (tertiary/aromatic N) is 2. The Hall–Kier alpha value is -1.42. The molecule has 0 saturated heterocycles. The Morgan fingerprint density at radius 1 is 1.50 bits per heavy atom. The molecule has 0 aliphatic heterocycles. The first-order valence-electron chi connectivity index (χ1n) is 4.45. The van der Waals surface area contributed by atoms with Crippen LogP contribution >= 0.6 is 0 Å². The maximum atomic E-state index is 13.4. The second-order valence-corrected chi connectivity index (χ2v) is 3.37. The number of rotatable bonds is 1. The van der Waals surface area contributed by atoms with Crippen LogP contribution in [0.15, 0.2) is 12.1 Å². The Labute approximate surface area is 81.3 Å². The minimum Gasteiger partial charge on any atom is -0.326 e. The summed E-state index contributed by atoms with van der Waals surface area (Å²) in [5, 5.41) is 5.07. The molecule has 0 spiro atoms. The topological polar surface area (TPSA) is 43.8 Å². The highest BCUT2D eigenvalue weighted by atomic mass is 19.1. The van der Waals surface area contributed by atoms with Crippen LogP contribution in [0.2, 0.25) is 0 Å². The summed E-state index contributed by atoms with van der Waals surface area (Å²) < 4.78 is 15.1. The van der Waals surface area contributed by atoms with E-state index in [1.807, 2.05) is 14.0 Å². The molecule has 0 aliphatic rings. The van der Waals surface area contributed by atoms with E-state index >= 15 is 0 Å². The summed E-state index contributed by atoms with van der Waals surface area (Å²) in [5.41, 5.74) is 7.72. The van der Waals surface area contributed by atoms with Gasteiger partial charge >= 0.3 is 0 Å². The second kappa shape index (κ2) is 3.06. The quantitative estimate of drug-likeness (QED) is 0.745. The molecule has 2 aromatic rings. The first kappa shape index (κ1) is 9.15. The number of hydrogen-bond donors (Lipinski definition) is 1. The lowest BCUT2D eigenvalue weighted by atomic mass is 10.1. The molecule has 0 bridgehead atoms. The van der Waals surface area contributed by atoms with Crippen LogP contribution in [0.4, 0.5) is 4.39 Å². The van der Waals surface area contributed by atoms with Crippen LogP contribution in [-0.2, 0) is 13.6 Å². The molecule has 1 aromatic carbocycles. The van der Waals surface area contributed by atoms with Crippen LogP contribution in [0.1, 0.15) is 11.3 Å². The molecule has 1 heterocycles. The fourth-order valence-corrected chi connectivity index (χ4v) is 1.65. The van der Waals surface area contributed by atoms with Gasteiger partial charge in [0.25, 0.3) is 0 Å². The zero-order chi connectivity index (χ0) is 10.3. The van der Waals surface area contributed by atoms with Crippen LogP contribution < -0.4 is 5.73 Å². The Bertz CT molecular complexity index is 488. The third-order valence-electron chi connectivity index (χ3n) is 2.42. The molecule has 0 fully saturated rings.